The summed E-state index contributed by atoms with van der Waals surface area (Å²) in [5.41, 5.74) is 0. The summed E-state index contributed by atoms with van der Waals surface area (Å²) in [4.78, 5) is 11.1. The van der Waals surface area contributed by atoms with E-state index in [4.69, 9.17) is 9.47 Å². The number of ether oxygens (including phenoxy) is 2. The summed E-state index contributed by atoms with van der Waals surface area (Å²) in [5.74, 6) is -0.284. The number of carbonyl (C=O) groups is 1. The molecule has 0 fully saturated rings. The van der Waals surface area contributed by atoms with E-state index in [-0.39, 0.29) is 19.1 Å². The second-order valence-electron chi connectivity index (χ2n) is 3.31. The quantitative estimate of drug-likeness (QED) is 0.419. The lowest BCUT2D eigenvalue weighted by Gasteiger charge is -2.10. The molecule has 0 amide bonds. The Morgan fingerprint density at radius 2 is 2.27 bits per heavy atom. The smallest absolute Gasteiger partial charge is 0.319 e. The van der Waals surface area contributed by atoms with Gasteiger partial charge in [-0.1, -0.05) is 13.3 Å². The fourth-order valence-corrected chi connectivity index (χ4v) is 0.974. The van der Waals surface area contributed by atoms with Gasteiger partial charge >= 0.3 is 5.97 Å². The van der Waals surface area contributed by atoms with Crippen molar-refractivity contribution in [2.24, 2.45) is 0 Å². The molecule has 90 valence electrons. The van der Waals surface area contributed by atoms with E-state index in [1.807, 2.05) is 6.92 Å². The van der Waals surface area contributed by atoms with Crippen LogP contribution in [0.3, 0.4) is 0 Å². The highest BCUT2D eigenvalue weighted by Gasteiger charge is 2.05. The number of unbranched alkanes of at least 4 members (excludes halogenated alkanes) is 1. The Bertz CT molecular complexity index is 164. The zero-order chi connectivity index (χ0) is 11.5. The zero-order valence-electron chi connectivity index (χ0n) is 9.49. The lowest BCUT2D eigenvalue weighted by Crippen LogP contribution is -2.34. The molecule has 5 heteroatoms. The van der Waals surface area contributed by atoms with Crippen LogP contribution in [0.5, 0.6) is 0 Å². The number of rotatable bonds is 9. The van der Waals surface area contributed by atoms with Crippen LogP contribution in [-0.4, -0.2) is 50.6 Å². The van der Waals surface area contributed by atoms with Gasteiger partial charge in [-0.2, -0.15) is 0 Å². The molecule has 5 nitrogen and oxygen atoms in total. The van der Waals surface area contributed by atoms with E-state index in [9.17, 15) is 9.90 Å². The molecule has 0 aromatic rings. The number of carbonyl (C=O) groups excluding carboxylic acids is 1. The van der Waals surface area contributed by atoms with Crippen LogP contribution in [-0.2, 0) is 14.3 Å². The average molecular weight is 219 g/mol. The summed E-state index contributed by atoms with van der Waals surface area (Å²) < 4.78 is 9.64. The Hall–Kier alpha value is -0.650. The molecule has 1 unspecified atom stereocenters. The van der Waals surface area contributed by atoms with Gasteiger partial charge in [-0.05, 0) is 6.42 Å². The summed E-state index contributed by atoms with van der Waals surface area (Å²) in [7, 11) is 1.52. The van der Waals surface area contributed by atoms with Crippen LogP contribution in [0.4, 0.5) is 0 Å². The molecule has 0 aromatic heterocycles. The topological polar surface area (TPSA) is 67.8 Å². The molecule has 0 bridgehead atoms. The van der Waals surface area contributed by atoms with Gasteiger partial charge in [-0.3, -0.25) is 4.79 Å². The van der Waals surface area contributed by atoms with E-state index < -0.39 is 6.10 Å². The van der Waals surface area contributed by atoms with Crippen LogP contribution in [0, 0.1) is 0 Å². The predicted molar refractivity (Wildman–Crippen MR) is 56.6 cm³/mol. The standard InChI is InChI=1S/C10H21NO4/c1-3-4-5-15-10(13)7-11-6-9(12)8-14-2/h9,11-12H,3-8H2,1-2H3. The molecule has 0 aliphatic heterocycles. The van der Waals surface area contributed by atoms with E-state index in [0.717, 1.165) is 12.8 Å². The van der Waals surface area contributed by atoms with Crippen molar-refractivity contribution < 1.29 is 19.4 Å². The van der Waals surface area contributed by atoms with Gasteiger partial charge < -0.3 is 19.9 Å². The minimum absolute atomic E-state index is 0.129. The molecule has 0 saturated carbocycles. The van der Waals surface area contributed by atoms with Crippen molar-refractivity contribution in [2.75, 3.05) is 33.4 Å². The van der Waals surface area contributed by atoms with Gasteiger partial charge in [-0.15, -0.1) is 0 Å². The molecular formula is C10H21NO4. The maximum Gasteiger partial charge on any atom is 0.319 e. The zero-order valence-corrected chi connectivity index (χ0v) is 9.49. The van der Waals surface area contributed by atoms with Gasteiger partial charge in [0.05, 0.1) is 25.9 Å². The van der Waals surface area contributed by atoms with Crippen molar-refractivity contribution in [3.63, 3.8) is 0 Å². The number of methoxy groups -OCH3 is 1. The summed E-state index contributed by atoms with van der Waals surface area (Å²) in [6.45, 7) is 3.23. The average Bonchev–Trinajstić information content (AvgIpc) is 2.18. The second kappa shape index (κ2) is 9.89. The van der Waals surface area contributed by atoms with Crippen molar-refractivity contribution in [1.82, 2.24) is 5.32 Å². The fourth-order valence-electron chi connectivity index (χ4n) is 0.974. The van der Waals surface area contributed by atoms with Crippen LogP contribution < -0.4 is 5.32 Å². The third-order valence-corrected chi connectivity index (χ3v) is 1.77. The van der Waals surface area contributed by atoms with Gasteiger partial charge in [-0.25, -0.2) is 0 Å². The van der Waals surface area contributed by atoms with Gasteiger partial charge in [0.25, 0.3) is 0 Å². The molecule has 2 N–H and O–H groups in total. The Labute approximate surface area is 90.8 Å². The maximum absolute atomic E-state index is 11.1. The first kappa shape index (κ1) is 14.3. The lowest BCUT2D eigenvalue weighted by atomic mass is 10.3. The van der Waals surface area contributed by atoms with Gasteiger partial charge in [0.1, 0.15) is 0 Å². The molecule has 0 spiro atoms. The van der Waals surface area contributed by atoms with Gasteiger partial charge in [0.2, 0.25) is 0 Å². The first-order valence-electron chi connectivity index (χ1n) is 5.24. The van der Waals surface area contributed by atoms with Crippen LogP contribution in [0.25, 0.3) is 0 Å². The monoisotopic (exact) mass is 219 g/mol. The van der Waals surface area contributed by atoms with Crippen LogP contribution in [0.1, 0.15) is 19.8 Å². The highest BCUT2D eigenvalue weighted by Crippen LogP contribution is 1.88. The number of hydrogen-bond donors (Lipinski definition) is 2. The molecule has 0 aliphatic rings. The number of aliphatic hydroxyl groups is 1. The molecular weight excluding hydrogens is 198 g/mol. The molecule has 0 rings (SSSR count). The molecule has 0 aliphatic carbocycles. The molecule has 0 saturated heterocycles. The maximum atomic E-state index is 11.1. The molecule has 0 radical (unpaired) electrons. The first-order chi connectivity index (χ1) is 7.20. The third kappa shape index (κ3) is 9.65. The van der Waals surface area contributed by atoms with Crippen LogP contribution in [0.15, 0.2) is 0 Å². The largest absolute Gasteiger partial charge is 0.465 e. The molecule has 15 heavy (non-hydrogen) atoms. The highest BCUT2D eigenvalue weighted by atomic mass is 16.5. The van der Waals surface area contributed by atoms with Crippen molar-refractivity contribution in [3.8, 4) is 0 Å². The summed E-state index contributed by atoms with van der Waals surface area (Å²) >= 11 is 0. The SMILES string of the molecule is CCCCOC(=O)CNCC(O)COC. The predicted octanol–water partition coefficient (Wildman–Crippen LogP) is -0.0734. The van der Waals surface area contributed by atoms with E-state index in [1.54, 1.807) is 0 Å². The minimum Gasteiger partial charge on any atom is -0.465 e. The molecule has 1 atom stereocenters. The van der Waals surface area contributed by atoms with Crippen molar-refractivity contribution in [1.29, 1.82) is 0 Å². The fraction of sp³-hybridized carbons (Fsp3) is 0.900. The first-order valence-corrected chi connectivity index (χ1v) is 5.24. The third-order valence-electron chi connectivity index (χ3n) is 1.77. The minimum atomic E-state index is -0.585. The highest BCUT2D eigenvalue weighted by molar-refractivity contribution is 5.71. The van der Waals surface area contributed by atoms with Crippen LogP contribution >= 0.6 is 0 Å². The Balaban J connectivity index is 3.30. The Morgan fingerprint density at radius 3 is 2.87 bits per heavy atom. The van der Waals surface area contributed by atoms with E-state index >= 15 is 0 Å². The van der Waals surface area contributed by atoms with Gasteiger partial charge in [0.15, 0.2) is 0 Å². The Kier molecular flexibility index (Phi) is 9.46. The van der Waals surface area contributed by atoms with E-state index in [2.05, 4.69) is 5.32 Å². The van der Waals surface area contributed by atoms with Crippen LogP contribution in [0.2, 0.25) is 0 Å². The number of esters is 1. The number of aliphatic hydroxyl groups excluding tert-OH is 1. The number of hydrogen-bond acceptors (Lipinski definition) is 5. The number of nitrogens with one attached hydrogen (secondary N) is 1. The van der Waals surface area contributed by atoms with E-state index in [0.29, 0.717) is 13.2 Å². The molecule has 0 aromatic carbocycles. The summed E-state index contributed by atoms with van der Waals surface area (Å²) in [6.07, 6.45) is 1.31. The van der Waals surface area contributed by atoms with Crippen molar-refractivity contribution >= 4 is 5.97 Å². The summed E-state index contributed by atoms with van der Waals surface area (Å²) in [5, 5.41) is 12.0. The van der Waals surface area contributed by atoms with E-state index in [1.165, 1.54) is 7.11 Å². The lowest BCUT2D eigenvalue weighted by molar-refractivity contribution is -0.142. The Morgan fingerprint density at radius 1 is 1.53 bits per heavy atom. The second-order valence-corrected chi connectivity index (χ2v) is 3.31. The summed E-state index contributed by atoms with van der Waals surface area (Å²) in [6, 6.07) is 0. The molecule has 0 heterocycles. The van der Waals surface area contributed by atoms with Crippen molar-refractivity contribution in [2.45, 2.75) is 25.9 Å². The van der Waals surface area contributed by atoms with Crippen molar-refractivity contribution in [3.05, 3.63) is 0 Å². The van der Waals surface area contributed by atoms with Gasteiger partial charge in [0, 0.05) is 13.7 Å². The normalized spacial score (nSPS) is 12.5.